The maximum Gasteiger partial charge on any atom is 0.417 e. The van der Waals surface area contributed by atoms with Gasteiger partial charge in [-0.15, -0.1) is 0 Å². The first kappa shape index (κ1) is 21.6. The number of hydrogen-bond donors (Lipinski definition) is 4. The molecule has 1 saturated carbocycles. The Morgan fingerprint density at radius 2 is 2.07 bits per heavy atom. The van der Waals surface area contributed by atoms with E-state index in [1.54, 1.807) is 6.92 Å². The second kappa shape index (κ2) is 8.31. The summed E-state index contributed by atoms with van der Waals surface area (Å²) in [4.78, 5) is 8.21. The molecule has 0 atom stereocenters. The number of halogens is 3. The van der Waals surface area contributed by atoms with Gasteiger partial charge in [-0.2, -0.15) is 23.4 Å². The van der Waals surface area contributed by atoms with Gasteiger partial charge in [0.1, 0.15) is 17.5 Å². The summed E-state index contributed by atoms with van der Waals surface area (Å²) in [6.07, 6.45) is 1.17. The Hall–Kier alpha value is -3.13. The van der Waals surface area contributed by atoms with Gasteiger partial charge in [-0.1, -0.05) is 0 Å². The molecule has 3 rings (SSSR count). The highest BCUT2D eigenvalue weighted by Gasteiger charge is 2.35. The van der Waals surface area contributed by atoms with Crippen LogP contribution >= 0.6 is 0 Å². The molecule has 8 nitrogen and oxygen atoms in total. The van der Waals surface area contributed by atoms with E-state index in [1.165, 1.54) is 6.20 Å². The van der Waals surface area contributed by atoms with Gasteiger partial charge in [0, 0.05) is 23.4 Å². The van der Waals surface area contributed by atoms with Gasteiger partial charge in [0.25, 0.3) is 0 Å². The number of nitriles is 1. The van der Waals surface area contributed by atoms with Crippen LogP contribution in [0.25, 0.3) is 0 Å². The fourth-order valence-corrected chi connectivity index (χ4v) is 3.36. The van der Waals surface area contributed by atoms with Crippen LogP contribution in [0.5, 0.6) is 0 Å². The van der Waals surface area contributed by atoms with Crippen LogP contribution < -0.4 is 15.4 Å². The molecular formula is C19H22F3N6O2+. The van der Waals surface area contributed by atoms with Crippen LogP contribution in [0.3, 0.4) is 0 Å². The molecule has 1 fully saturated rings. The van der Waals surface area contributed by atoms with Crippen molar-refractivity contribution in [2.45, 2.75) is 57.0 Å². The molecule has 11 heteroatoms. The van der Waals surface area contributed by atoms with Crippen molar-refractivity contribution in [3.8, 4) is 6.07 Å². The van der Waals surface area contributed by atoms with Crippen molar-refractivity contribution in [3.05, 3.63) is 41.3 Å². The molecular weight excluding hydrogens is 401 g/mol. The van der Waals surface area contributed by atoms with Crippen LogP contribution in [0.15, 0.2) is 24.7 Å². The van der Waals surface area contributed by atoms with E-state index in [4.69, 9.17) is 0 Å². The third-order valence-corrected chi connectivity index (χ3v) is 5.08. The van der Waals surface area contributed by atoms with Gasteiger partial charge in [-0.25, -0.2) is 4.98 Å². The first-order valence-corrected chi connectivity index (χ1v) is 9.38. The molecule has 1 aliphatic rings. The first-order chi connectivity index (χ1) is 14.1. The number of alkyl halides is 3. The van der Waals surface area contributed by atoms with Gasteiger partial charge < -0.3 is 15.7 Å². The molecule has 0 saturated heterocycles. The van der Waals surface area contributed by atoms with E-state index in [0.29, 0.717) is 30.4 Å². The smallest absolute Gasteiger partial charge is 0.390 e. The summed E-state index contributed by atoms with van der Waals surface area (Å²) >= 11 is 0. The van der Waals surface area contributed by atoms with Crippen molar-refractivity contribution < 1.29 is 28.2 Å². The molecule has 0 aliphatic heterocycles. The predicted octanol–water partition coefficient (Wildman–Crippen LogP) is 2.61. The Morgan fingerprint density at radius 1 is 1.37 bits per heavy atom. The van der Waals surface area contributed by atoms with Crippen LogP contribution in [0.2, 0.25) is 0 Å². The number of nitrogens with zero attached hydrogens (tertiary/aromatic N) is 4. The fourth-order valence-electron chi connectivity index (χ4n) is 3.36. The van der Waals surface area contributed by atoms with Gasteiger partial charge in [-0.05, 0) is 32.6 Å². The summed E-state index contributed by atoms with van der Waals surface area (Å²) in [6, 6.07) is 2.78. The molecule has 0 radical (unpaired) electrons. The average Bonchev–Trinajstić information content (AvgIpc) is 2.67. The van der Waals surface area contributed by atoms with Crippen molar-refractivity contribution in [2.75, 3.05) is 10.6 Å². The van der Waals surface area contributed by atoms with Crippen molar-refractivity contribution >= 4 is 11.8 Å². The molecule has 160 valence electrons. The normalized spacial score (nSPS) is 21.7. The molecule has 2 heterocycles. The first-order valence-electron chi connectivity index (χ1n) is 9.38. The molecule has 0 bridgehead atoms. The molecule has 1 aliphatic carbocycles. The van der Waals surface area contributed by atoms with Crippen LogP contribution in [0, 0.1) is 11.3 Å². The Labute approximate surface area is 171 Å². The van der Waals surface area contributed by atoms with E-state index in [2.05, 4.69) is 20.6 Å². The summed E-state index contributed by atoms with van der Waals surface area (Å²) in [6.45, 7) is 1.50. The highest BCUT2D eigenvalue weighted by molar-refractivity contribution is 5.54. The molecule has 0 aromatic carbocycles. The van der Waals surface area contributed by atoms with Crippen LogP contribution in [-0.4, -0.2) is 31.9 Å². The molecule has 4 N–H and O–H groups in total. The summed E-state index contributed by atoms with van der Waals surface area (Å²) in [5, 5.41) is 34.7. The number of nitrogens with one attached hydrogen (secondary N) is 2. The number of aliphatic hydroxyl groups is 1. The highest BCUT2D eigenvalue weighted by Crippen LogP contribution is 2.32. The van der Waals surface area contributed by atoms with Gasteiger partial charge in [-0.3, -0.25) is 5.21 Å². The molecule has 0 amide bonds. The number of rotatable bonds is 5. The average molecular weight is 423 g/mol. The van der Waals surface area contributed by atoms with Crippen molar-refractivity contribution in [2.24, 2.45) is 0 Å². The lowest BCUT2D eigenvalue weighted by molar-refractivity contribution is -0.905. The summed E-state index contributed by atoms with van der Waals surface area (Å²) in [7, 11) is 0. The Kier molecular flexibility index (Phi) is 5.98. The summed E-state index contributed by atoms with van der Waals surface area (Å²) in [5.74, 6) is 0.323. The van der Waals surface area contributed by atoms with E-state index >= 15 is 0 Å². The molecule has 2 aromatic rings. The minimum Gasteiger partial charge on any atom is -0.390 e. The highest BCUT2D eigenvalue weighted by atomic mass is 19.4. The SMILES string of the molecule is C[C@]1(O)CC[C@@H](Nc2nc(NCc3c[n+](O)ccc3C(F)(F)F)ncc2C#N)CC1. The van der Waals surface area contributed by atoms with Gasteiger partial charge in [0.05, 0.1) is 22.9 Å². The van der Waals surface area contributed by atoms with Gasteiger partial charge in [0.15, 0.2) is 0 Å². The molecule has 30 heavy (non-hydrogen) atoms. The van der Waals surface area contributed by atoms with E-state index in [9.17, 15) is 28.7 Å². The maximum atomic E-state index is 13.2. The van der Waals surface area contributed by atoms with Crippen LogP contribution in [0.4, 0.5) is 24.9 Å². The lowest BCUT2D eigenvalue weighted by atomic mass is 9.83. The lowest BCUT2D eigenvalue weighted by Crippen LogP contribution is -2.36. The third-order valence-electron chi connectivity index (χ3n) is 5.08. The number of pyridine rings is 1. The van der Waals surface area contributed by atoms with E-state index in [0.717, 1.165) is 18.5 Å². The van der Waals surface area contributed by atoms with Crippen LogP contribution in [-0.2, 0) is 12.7 Å². The largest absolute Gasteiger partial charge is 0.417 e. The fraction of sp³-hybridized carbons (Fsp3) is 0.474. The Balaban J connectivity index is 1.75. The third kappa shape index (κ3) is 5.27. The zero-order chi connectivity index (χ0) is 21.9. The maximum absolute atomic E-state index is 13.2. The standard InChI is InChI=1S/C19H22F3N6O2/c1-18(29)5-2-14(3-6-18)26-16-12(8-23)9-24-17(27-16)25-10-13-11-28(30)7-4-15(13)19(20,21)22/h4,7,9,11,14,29-30H,2-3,5-6,10H2,1H3,(H2,24,25,26,27)/q+1/t14-,18+. The second-order valence-corrected chi connectivity index (χ2v) is 7.60. The number of anilines is 2. The van der Waals surface area contributed by atoms with E-state index in [1.807, 2.05) is 6.07 Å². The second-order valence-electron chi connectivity index (χ2n) is 7.60. The minimum atomic E-state index is -4.58. The van der Waals surface area contributed by atoms with E-state index in [-0.39, 0.29) is 35.5 Å². The van der Waals surface area contributed by atoms with Gasteiger partial charge >= 0.3 is 6.18 Å². The van der Waals surface area contributed by atoms with Crippen molar-refractivity contribution in [1.82, 2.24) is 9.97 Å². The molecule has 2 aromatic heterocycles. The monoisotopic (exact) mass is 423 g/mol. The van der Waals surface area contributed by atoms with Crippen LogP contribution in [0.1, 0.15) is 49.3 Å². The molecule has 0 unspecified atom stereocenters. The topological polar surface area (TPSA) is 118 Å². The molecule has 0 spiro atoms. The summed E-state index contributed by atoms with van der Waals surface area (Å²) < 4.78 is 40.0. The van der Waals surface area contributed by atoms with E-state index < -0.39 is 17.3 Å². The lowest BCUT2D eigenvalue weighted by Gasteiger charge is -2.33. The summed E-state index contributed by atoms with van der Waals surface area (Å²) in [5.41, 5.74) is -1.57. The van der Waals surface area contributed by atoms with Crippen molar-refractivity contribution in [3.63, 3.8) is 0 Å². The van der Waals surface area contributed by atoms with Crippen molar-refractivity contribution in [1.29, 1.82) is 5.26 Å². The number of aromatic nitrogens is 3. The number of hydrogen-bond acceptors (Lipinski definition) is 7. The Morgan fingerprint density at radius 3 is 2.70 bits per heavy atom. The quantitative estimate of drug-likeness (QED) is 0.431. The Bertz CT molecular complexity index is 948. The minimum absolute atomic E-state index is 0.0133. The predicted molar refractivity (Wildman–Crippen MR) is 99.4 cm³/mol. The zero-order valence-electron chi connectivity index (χ0n) is 16.2. The van der Waals surface area contributed by atoms with Gasteiger partial charge in [0.2, 0.25) is 18.3 Å². The zero-order valence-corrected chi connectivity index (χ0v) is 16.2.